The van der Waals surface area contributed by atoms with Crippen LogP contribution in [0.25, 0.3) is 0 Å². The summed E-state index contributed by atoms with van der Waals surface area (Å²) in [4.78, 5) is 33.0. The molecule has 5 nitrogen and oxygen atoms in total. The van der Waals surface area contributed by atoms with Crippen LogP contribution < -0.4 is 0 Å². The van der Waals surface area contributed by atoms with Crippen LogP contribution in [0.1, 0.15) is 64.2 Å². The molecule has 0 N–H and O–H groups in total. The monoisotopic (exact) mass is 284 g/mol. The molecule has 1 saturated heterocycles. The Labute approximate surface area is 120 Å². The zero-order chi connectivity index (χ0) is 14.8. The first-order valence-electron chi connectivity index (χ1n) is 7.45. The van der Waals surface area contributed by atoms with Gasteiger partial charge in [0.25, 0.3) is 0 Å². The Balaban J connectivity index is 1.87. The van der Waals surface area contributed by atoms with Crippen LogP contribution in [-0.2, 0) is 23.9 Å². The van der Waals surface area contributed by atoms with Crippen molar-refractivity contribution in [3.05, 3.63) is 0 Å². The zero-order valence-electron chi connectivity index (χ0n) is 12.2. The van der Waals surface area contributed by atoms with Crippen molar-refractivity contribution < 1.29 is 23.9 Å². The first kappa shape index (κ1) is 16.7. The van der Waals surface area contributed by atoms with Gasteiger partial charge in [0, 0.05) is 6.42 Å². The lowest BCUT2D eigenvalue weighted by Crippen LogP contribution is -2.07. The van der Waals surface area contributed by atoms with Gasteiger partial charge in [0.05, 0.1) is 19.4 Å². The highest BCUT2D eigenvalue weighted by Gasteiger charge is 2.32. The fourth-order valence-corrected chi connectivity index (χ4v) is 2.39. The van der Waals surface area contributed by atoms with E-state index < -0.39 is 0 Å². The van der Waals surface area contributed by atoms with Crippen LogP contribution in [0, 0.1) is 5.92 Å². The second-order valence-corrected chi connectivity index (χ2v) is 5.28. The van der Waals surface area contributed by atoms with E-state index in [9.17, 15) is 14.4 Å². The van der Waals surface area contributed by atoms with Crippen molar-refractivity contribution >= 4 is 17.9 Å². The Hall–Kier alpha value is -1.39. The van der Waals surface area contributed by atoms with Crippen LogP contribution in [-0.4, -0.2) is 25.0 Å². The molecule has 1 heterocycles. The molecule has 0 bridgehead atoms. The molecule has 20 heavy (non-hydrogen) atoms. The van der Waals surface area contributed by atoms with E-state index in [-0.39, 0.29) is 30.2 Å². The SMILES string of the molecule is COC(=O)CCCCCCCCCC1CC(=O)OC1=O. The lowest BCUT2D eigenvalue weighted by Gasteiger charge is -2.04. The largest absolute Gasteiger partial charge is 0.469 e. The number of rotatable bonds is 10. The van der Waals surface area contributed by atoms with Gasteiger partial charge in [-0.15, -0.1) is 0 Å². The van der Waals surface area contributed by atoms with Gasteiger partial charge in [-0.3, -0.25) is 14.4 Å². The minimum Gasteiger partial charge on any atom is -0.469 e. The summed E-state index contributed by atoms with van der Waals surface area (Å²) in [6.07, 6.45) is 8.92. The van der Waals surface area contributed by atoms with Gasteiger partial charge in [-0.1, -0.05) is 38.5 Å². The third-order valence-corrected chi connectivity index (χ3v) is 3.62. The molecule has 5 heteroatoms. The van der Waals surface area contributed by atoms with E-state index in [0.29, 0.717) is 6.42 Å². The summed E-state index contributed by atoms with van der Waals surface area (Å²) >= 11 is 0. The molecule has 0 saturated carbocycles. The van der Waals surface area contributed by atoms with Gasteiger partial charge in [0.15, 0.2) is 0 Å². The maximum absolute atomic E-state index is 11.2. The molecule has 0 aromatic heterocycles. The fraction of sp³-hybridized carbons (Fsp3) is 0.800. The molecule has 1 aliphatic heterocycles. The quantitative estimate of drug-likeness (QED) is 0.350. The fourth-order valence-electron chi connectivity index (χ4n) is 2.39. The summed E-state index contributed by atoms with van der Waals surface area (Å²) in [6, 6.07) is 0. The molecular weight excluding hydrogens is 260 g/mol. The van der Waals surface area contributed by atoms with E-state index >= 15 is 0 Å². The molecule has 1 atom stereocenters. The van der Waals surface area contributed by atoms with Gasteiger partial charge in [-0.05, 0) is 12.8 Å². The van der Waals surface area contributed by atoms with E-state index in [1.54, 1.807) is 0 Å². The minimum absolute atomic E-state index is 0.136. The number of cyclic esters (lactones) is 2. The Morgan fingerprint density at radius 1 is 1.10 bits per heavy atom. The molecule has 114 valence electrons. The third kappa shape index (κ3) is 6.68. The molecule has 0 aromatic rings. The summed E-state index contributed by atoms with van der Waals surface area (Å²) in [7, 11) is 1.41. The highest BCUT2D eigenvalue weighted by molar-refractivity contribution is 5.94. The molecule has 0 aliphatic carbocycles. The van der Waals surface area contributed by atoms with Crippen molar-refractivity contribution in [2.75, 3.05) is 7.11 Å². The second-order valence-electron chi connectivity index (χ2n) is 5.28. The van der Waals surface area contributed by atoms with Gasteiger partial charge in [-0.2, -0.15) is 0 Å². The van der Waals surface area contributed by atoms with E-state index in [1.807, 2.05) is 0 Å². The molecule has 1 aliphatic rings. The van der Waals surface area contributed by atoms with Crippen molar-refractivity contribution in [2.24, 2.45) is 5.92 Å². The van der Waals surface area contributed by atoms with Crippen LogP contribution in [0.3, 0.4) is 0 Å². The van der Waals surface area contributed by atoms with Gasteiger partial charge >= 0.3 is 17.9 Å². The summed E-state index contributed by atoms with van der Waals surface area (Å²) in [5.41, 5.74) is 0. The number of carbonyl (C=O) groups is 3. The van der Waals surface area contributed by atoms with Gasteiger partial charge in [0.2, 0.25) is 0 Å². The van der Waals surface area contributed by atoms with E-state index in [4.69, 9.17) is 0 Å². The molecule has 0 aromatic carbocycles. The third-order valence-electron chi connectivity index (χ3n) is 3.62. The predicted octanol–water partition coefficient (Wildman–Crippen LogP) is 2.76. The van der Waals surface area contributed by atoms with E-state index in [2.05, 4.69) is 9.47 Å². The van der Waals surface area contributed by atoms with Crippen LogP contribution in [0.15, 0.2) is 0 Å². The molecule has 0 radical (unpaired) electrons. The highest BCUT2D eigenvalue weighted by atomic mass is 16.6. The van der Waals surface area contributed by atoms with Crippen molar-refractivity contribution in [3.63, 3.8) is 0 Å². The number of methoxy groups -OCH3 is 1. The summed E-state index contributed by atoms with van der Waals surface area (Å²) in [6.45, 7) is 0. The Bertz CT molecular complexity index is 337. The minimum atomic E-state index is -0.384. The number of hydrogen-bond donors (Lipinski definition) is 0. The summed E-state index contributed by atoms with van der Waals surface area (Å²) in [5, 5.41) is 0. The standard InChI is InChI=1S/C15H24O5/c1-19-13(16)10-8-6-4-2-3-5-7-9-12-11-14(17)20-15(12)18/h12H,2-11H2,1H3. The number of ether oxygens (including phenoxy) is 2. The highest BCUT2D eigenvalue weighted by Crippen LogP contribution is 2.22. The van der Waals surface area contributed by atoms with Crippen LogP contribution in [0.2, 0.25) is 0 Å². The van der Waals surface area contributed by atoms with E-state index in [0.717, 1.165) is 51.4 Å². The number of unbranched alkanes of at least 4 members (excludes halogenated alkanes) is 6. The van der Waals surface area contributed by atoms with Crippen molar-refractivity contribution in [1.29, 1.82) is 0 Å². The topological polar surface area (TPSA) is 69.7 Å². The van der Waals surface area contributed by atoms with Crippen molar-refractivity contribution in [1.82, 2.24) is 0 Å². The average molecular weight is 284 g/mol. The first-order valence-corrected chi connectivity index (χ1v) is 7.45. The summed E-state index contributed by atoms with van der Waals surface area (Å²) < 4.78 is 9.08. The molecule has 1 unspecified atom stereocenters. The van der Waals surface area contributed by atoms with Crippen LogP contribution >= 0.6 is 0 Å². The maximum atomic E-state index is 11.2. The summed E-state index contributed by atoms with van der Waals surface area (Å²) in [5.74, 6) is -1.08. The van der Waals surface area contributed by atoms with Gasteiger partial charge < -0.3 is 9.47 Å². The zero-order valence-corrected chi connectivity index (χ0v) is 12.2. The molecule has 0 spiro atoms. The normalized spacial score (nSPS) is 18.1. The molecule has 0 amide bonds. The second kappa shape index (κ2) is 9.50. The molecule has 1 fully saturated rings. The Morgan fingerprint density at radius 2 is 1.70 bits per heavy atom. The lowest BCUT2D eigenvalue weighted by molar-refractivity contribution is -0.153. The number of hydrogen-bond acceptors (Lipinski definition) is 5. The Kier molecular flexibility index (Phi) is 7.92. The van der Waals surface area contributed by atoms with E-state index in [1.165, 1.54) is 7.11 Å². The van der Waals surface area contributed by atoms with Crippen LogP contribution in [0.4, 0.5) is 0 Å². The predicted molar refractivity (Wildman–Crippen MR) is 72.8 cm³/mol. The lowest BCUT2D eigenvalue weighted by atomic mass is 9.99. The van der Waals surface area contributed by atoms with Crippen molar-refractivity contribution in [3.8, 4) is 0 Å². The van der Waals surface area contributed by atoms with Gasteiger partial charge in [-0.25, -0.2) is 0 Å². The number of esters is 3. The molecular formula is C15H24O5. The first-order chi connectivity index (χ1) is 9.63. The average Bonchev–Trinajstić information content (AvgIpc) is 2.74. The maximum Gasteiger partial charge on any atom is 0.317 e. The Morgan fingerprint density at radius 3 is 2.25 bits per heavy atom. The smallest absolute Gasteiger partial charge is 0.317 e. The van der Waals surface area contributed by atoms with Gasteiger partial charge in [0.1, 0.15) is 0 Å². The number of carbonyl (C=O) groups excluding carboxylic acids is 3. The molecule has 1 rings (SSSR count). The van der Waals surface area contributed by atoms with Crippen LogP contribution in [0.5, 0.6) is 0 Å². The van der Waals surface area contributed by atoms with Crippen molar-refractivity contribution in [2.45, 2.75) is 64.2 Å².